The molecule has 1 aliphatic heterocycles. The van der Waals surface area contributed by atoms with E-state index in [0.29, 0.717) is 12.2 Å². The minimum Gasteiger partial charge on any atom is -0.368 e. The summed E-state index contributed by atoms with van der Waals surface area (Å²) in [4.78, 5) is 3.49. The fourth-order valence-electron chi connectivity index (χ4n) is 0.866. The molecule has 0 radical (unpaired) electrons. The molecule has 10 heavy (non-hydrogen) atoms. The third-order valence-electron chi connectivity index (χ3n) is 1.47. The molecule has 0 bridgehead atoms. The average Bonchev–Trinajstić information content (AvgIpc) is 2.71. The molecule has 1 fully saturated rings. The lowest BCUT2D eigenvalue weighted by molar-refractivity contribution is 0.404. The van der Waals surface area contributed by atoms with Crippen LogP contribution in [0.4, 0.5) is 4.39 Å². The first-order valence-corrected chi connectivity index (χ1v) is 3.10. The summed E-state index contributed by atoms with van der Waals surface area (Å²) >= 11 is 0. The van der Waals surface area contributed by atoms with Crippen molar-refractivity contribution in [3.8, 4) is 0 Å². The fourth-order valence-corrected chi connectivity index (χ4v) is 0.866. The molecule has 0 N–H and O–H groups in total. The van der Waals surface area contributed by atoms with Gasteiger partial charge >= 0.3 is 0 Å². The number of epoxide rings is 1. The summed E-state index contributed by atoms with van der Waals surface area (Å²) in [7, 11) is 0. The first-order valence-electron chi connectivity index (χ1n) is 3.10. The van der Waals surface area contributed by atoms with Crippen molar-refractivity contribution in [3.63, 3.8) is 0 Å². The highest BCUT2D eigenvalue weighted by Crippen LogP contribution is 2.30. The summed E-state index contributed by atoms with van der Waals surface area (Å²) < 4.78 is 17.6. The molecule has 0 spiro atoms. The van der Waals surface area contributed by atoms with E-state index in [0.717, 1.165) is 0 Å². The lowest BCUT2D eigenvalue weighted by Gasteiger charge is -1.93. The maximum absolute atomic E-state index is 12.7. The van der Waals surface area contributed by atoms with Gasteiger partial charge in [-0.25, -0.2) is 4.98 Å². The van der Waals surface area contributed by atoms with Gasteiger partial charge in [-0.3, -0.25) is 0 Å². The summed E-state index contributed by atoms with van der Waals surface area (Å²) in [5, 5.41) is 0. The van der Waals surface area contributed by atoms with E-state index in [-0.39, 0.29) is 6.10 Å². The lowest BCUT2D eigenvalue weighted by atomic mass is 10.2. The number of hydrogen-bond donors (Lipinski definition) is 0. The van der Waals surface area contributed by atoms with Crippen molar-refractivity contribution in [1.29, 1.82) is 0 Å². The maximum atomic E-state index is 12.7. The number of aromatic nitrogens is 1. The zero-order valence-electron chi connectivity index (χ0n) is 5.25. The standard InChI is InChI=1S/C7H6FNO/c8-7-5(6-4-10-6)2-1-3-9-7/h1-3,6H,4H2/t6-/m0/s1. The number of pyridine rings is 1. The molecule has 0 amide bonds. The first-order chi connectivity index (χ1) is 4.88. The Morgan fingerprint density at radius 1 is 1.70 bits per heavy atom. The average molecular weight is 139 g/mol. The van der Waals surface area contributed by atoms with Crippen LogP contribution in [0.3, 0.4) is 0 Å². The van der Waals surface area contributed by atoms with Gasteiger partial charge in [-0.2, -0.15) is 4.39 Å². The molecule has 1 atom stereocenters. The Balaban J connectivity index is 2.39. The minimum absolute atomic E-state index is 0.0336. The Morgan fingerprint density at radius 2 is 2.50 bits per heavy atom. The van der Waals surface area contributed by atoms with Gasteiger partial charge in [0.15, 0.2) is 0 Å². The second-order valence-electron chi connectivity index (χ2n) is 2.21. The molecule has 1 aromatic rings. The van der Waals surface area contributed by atoms with Crippen molar-refractivity contribution in [3.05, 3.63) is 29.8 Å². The van der Waals surface area contributed by atoms with E-state index in [1.165, 1.54) is 6.20 Å². The predicted molar refractivity (Wildman–Crippen MR) is 32.9 cm³/mol. The Morgan fingerprint density at radius 3 is 3.10 bits per heavy atom. The first kappa shape index (κ1) is 5.80. The van der Waals surface area contributed by atoms with Crippen LogP contribution in [0.5, 0.6) is 0 Å². The molecular formula is C7H6FNO. The van der Waals surface area contributed by atoms with Crippen molar-refractivity contribution in [1.82, 2.24) is 4.98 Å². The van der Waals surface area contributed by atoms with Crippen LogP contribution in [0.1, 0.15) is 11.7 Å². The zero-order chi connectivity index (χ0) is 6.97. The minimum atomic E-state index is -0.412. The summed E-state index contributed by atoms with van der Waals surface area (Å²) in [5.74, 6) is -0.412. The zero-order valence-corrected chi connectivity index (χ0v) is 5.25. The van der Waals surface area contributed by atoms with Gasteiger partial charge in [0.05, 0.1) is 6.61 Å². The highest BCUT2D eigenvalue weighted by Gasteiger charge is 2.27. The molecule has 1 saturated heterocycles. The highest BCUT2D eigenvalue weighted by molar-refractivity contribution is 5.17. The number of rotatable bonds is 1. The van der Waals surface area contributed by atoms with Crippen molar-refractivity contribution >= 4 is 0 Å². The molecule has 52 valence electrons. The van der Waals surface area contributed by atoms with E-state index >= 15 is 0 Å². The quantitative estimate of drug-likeness (QED) is 0.432. The van der Waals surface area contributed by atoms with Crippen molar-refractivity contribution in [2.45, 2.75) is 6.10 Å². The topological polar surface area (TPSA) is 25.4 Å². The van der Waals surface area contributed by atoms with Gasteiger partial charge in [0, 0.05) is 11.8 Å². The Hall–Kier alpha value is -0.960. The third-order valence-corrected chi connectivity index (χ3v) is 1.47. The van der Waals surface area contributed by atoms with Crippen LogP contribution < -0.4 is 0 Å². The Labute approximate surface area is 57.7 Å². The highest BCUT2D eigenvalue weighted by atomic mass is 19.1. The van der Waals surface area contributed by atoms with Gasteiger partial charge in [-0.05, 0) is 6.07 Å². The number of ether oxygens (including phenoxy) is 1. The van der Waals surface area contributed by atoms with E-state index in [1.54, 1.807) is 12.1 Å². The molecule has 2 rings (SSSR count). The van der Waals surface area contributed by atoms with Gasteiger partial charge in [0.1, 0.15) is 6.10 Å². The van der Waals surface area contributed by atoms with Crippen LogP contribution in [0.15, 0.2) is 18.3 Å². The summed E-state index contributed by atoms with van der Waals surface area (Å²) in [6.45, 7) is 0.628. The number of nitrogens with zero attached hydrogens (tertiary/aromatic N) is 1. The summed E-state index contributed by atoms with van der Waals surface area (Å²) in [6.07, 6.45) is 1.40. The fraction of sp³-hybridized carbons (Fsp3) is 0.286. The molecule has 3 heteroatoms. The van der Waals surface area contributed by atoms with Crippen LogP contribution in [0.2, 0.25) is 0 Å². The van der Waals surface area contributed by atoms with E-state index < -0.39 is 5.95 Å². The van der Waals surface area contributed by atoms with E-state index in [2.05, 4.69) is 4.98 Å². The molecule has 2 heterocycles. The molecule has 1 aliphatic rings. The van der Waals surface area contributed by atoms with Crippen molar-refractivity contribution < 1.29 is 9.13 Å². The predicted octanol–water partition coefficient (Wildman–Crippen LogP) is 1.29. The maximum Gasteiger partial charge on any atom is 0.218 e. The summed E-state index contributed by atoms with van der Waals surface area (Å²) in [6, 6.07) is 3.40. The monoisotopic (exact) mass is 139 g/mol. The number of halogens is 1. The molecule has 1 aromatic heterocycles. The van der Waals surface area contributed by atoms with Gasteiger partial charge in [-0.1, -0.05) is 6.07 Å². The molecule has 2 nitrogen and oxygen atoms in total. The Bertz CT molecular complexity index is 247. The second kappa shape index (κ2) is 2.02. The molecular weight excluding hydrogens is 133 g/mol. The lowest BCUT2D eigenvalue weighted by Crippen LogP contribution is -1.89. The molecule has 0 unspecified atom stereocenters. The van der Waals surface area contributed by atoms with Gasteiger partial charge < -0.3 is 4.74 Å². The molecule has 0 aromatic carbocycles. The second-order valence-corrected chi connectivity index (χ2v) is 2.21. The Kier molecular flexibility index (Phi) is 1.17. The van der Waals surface area contributed by atoms with Crippen LogP contribution in [-0.2, 0) is 4.74 Å². The normalized spacial score (nSPS) is 22.7. The van der Waals surface area contributed by atoms with E-state index in [4.69, 9.17) is 4.74 Å². The van der Waals surface area contributed by atoms with Gasteiger partial charge in [0.2, 0.25) is 5.95 Å². The van der Waals surface area contributed by atoms with Gasteiger partial charge in [-0.15, -0.1) is 0 Å². The van der Waals surface area contributed by atoms with Crippen LogP contribution >= 0.6 is 0 Å². The van der Waals surface area contributed by atoms with Crippen molar-refractivity contribution in [2.75, 3.05) is 6.61 Å². The van der Waals surface area contributed by atoms with Gasteiger partial charge in [0.25, 0.3) is 0 Å². The largest absolute Gasteiger partial charge is 0.368 e. The van der Waals surface area contributed by atoms with Crippen molar-refractivity contribution in [2.24, 2.45) is 0 Å². The molecule has 0 saturated carbocycles. The third kappa shape index (κ3) is 0.885. The number of hydrogen-bond acceptors (Lipinski definition) is 2. The molecule has 0 aliphatic carbocycles. The van der Waals surface area contributed by atoms with E-state index in [1.807, 2.05) is 0 Å². The van der Waals surface area contributed by atoms with Crippen LogP contribution in [0, 0.1) is 5.95 Å². The van der Waals surface area contributed by atoms with Crippen LogP contribution in [-0.4, -0.2) is 11.6 Å². The van der Waals surface area contributed by atoms with E-state index in [9.17, 15) is 4.39 Å². The smallest absolute Gasteiger partial charge is 0.218 e. The SMILES string of the molecule is Fc1ncccc1[C@@H]1CO1. The summed E-state index contributed by atoms with van der Waals surface area (Å²) in [5.41, 5.74) is 0.572. The van der Waals surface area contributed by atoms with Crippen LogP contribution in [0.25, 0.3) is 0 Å².